The fourth-order valence-electron chi connectivity index (χ4n) is 1.68. The van der Waals surface area contributed by atoms with Gasteiger partial charge in [0.05, 0.1) is 0 Å². The number of benzene rings is 1. The van der Waals surface area contributed by atoms with Crippen molar-refractivity contribution in [3.05, 3.63) is 48.2 Å². The molecule has 19 heavy (non-hydrogen) atoms. The highest BCUT2D eigenvalue weighted by Gasteiger charge is 2.00. The van der Waals surface area contributed by atoms with Gasteiger partial charge in [-0.05, 0) is 18.2 Å². The molecule has 0 saturated heterocycles. The van der Waals surface area contributed by atoms with Crippen molar-refractivity contribution >= 4 is 11.5 Å². The number of hydrogen-bond acceptors (Lipinski definition) is 4. The average Bonchev–Trinajstić information content (AvgIpc) is 2.46. The van der Waals surface area contributed by atoms with Crippen LogP contribution in [0.15, 0.2) is 42.6 Å². The monoisotopic (exact) mass is 257 g/mol. The lowest BCUT2D eigenvalue weighted by Crippen LogP contribution is -2.08. The maximum absolute atomic E-state index is 5.77. The zero-order chi connectivity index (χ0) is 13.7. The Balaban J connectivity index is 1.99. The summed E-state index contributed by atoms with van der Waals surface area (Å²) in [7, 11) is 5.88. The average molecular weight is 257 g/mol. The Morgan fingerprint density at radius 3 is 2.68 bits per heavy atom. The summed E-state index contributed by atoms with van der Waals surface area (Å²) in [5, 5.41) is 2.99. The molecule has 1 heterocycles. The molecule has 1 aromatic heterocycles. The number of nitrogens with zero attached hydrogens (tertiary/aromatic N) is 2. The molecule has 0 aliphatic heterocycles. The maximum Gasteiger partial charge on any atom is 0.125 e. The SMILES string of the molecule is CNc1ccc(COc2cccc(N(C)C)c2)cn1. The third kappa shape index (κ3) is 3.61. The van der Waals surface area contributed by atoms with E-state index in [0.717, 1.165) is 22.8 Å². The topological polar surface area (TPSA) is 37.4 Å². The lowest BCUT2D eigenvalue weighted by atomic mass is 10.2. The smallest absolute Gasteiger partial charge is 0.125 e. The van der Waals surface area contributed by atoms with Crippen molar-refractivity contribution in [1.82, 2.24) is 4.98 Å². The van der Waals surface area contributed by atoms with Gasteiger partial charge in [0.25, 0.3) is 0 Å². The van der Waals surface area contributed by atoms with Crippen molar-refractivity contribution in [3.63, 3.8) is 0 Å². The van der Waals surface area contributed by atoms with Crippen molar-refractivity contribution in [3.8, 4) is 5.75 Å². The van der Waals surface area contributed by atoms with Crippen LogP contribution < -0.4 is 15.0 Å². The van der Waals surface area contributed by atoms with Gasteiger partial charge in [-0.25, -0.2) is 4.98 Å². The highest BCUT2D eigenvalue weighted by atomic mass is 16.5. The Morgan fingerprint density at radius 1 is 1.21 bits per heavy atom. The van der Waals surface area contributed by atoms with E-state index in [1.165, 1.54) is 0 Å². The molecule has 100 valence electrons. The minimum atomic E-state index is 0.522. The molecule has 0 saturated carbocycles. The molecule has 0 amide bonds. The summed E-state index contributed by atoms with van der Waals surface area (Å²) in [5.41, 5.74) is 2.18. The number of ether oxygens (including phenoxy) is 1. The molecule has 4 heteroatoms. The minimum Gasteiger partial charge on any atom is -0.489 e. The van der Waals surface area contributed by atoms with Crippen molar-refractivity contribution in [1.29, 1.82) is 0 Å². The van der Waals surface area contributed by atoms with E-state index in [4.69, 9.17) is 4.74 Å². The summed E-state index contributed by atoms with van der Waals surface area (Å²) in [5.74, 6) is 1.72. The molecular formula is C15H19N3O. The van der Waals surface area contributed by atoms with E-state index in [2.05, 4.69) is 21.3 Å². The second-order valence-corrected chi connectivity index (χ2v) is 4.48. The fraction of sp³-hybridized carbons (Fsp3) is 0.267. The zero-order valence-electron chi connectivity index (χ0n) is 11.6. The number of anilines is 2. The van der Waals surface area contributed by atoms with Crippen LogP contribution in [0.1, 0.15) is 5.56 Å². The van der Waals surface area contributed by atoms with Crippen LogP contribution in [-0.4, -0.2) is 26.1 Å². The Hall–Kier alpha value is -2.23. The predicted molar refractivity (Wildman–Crippen MR) is 78.9 cm³/mol. The van der Waals surface area contributed by atoms with Crippen LogP contribution in [-0.2, 0) is 6.61 Å². The third-order valence-corrected chi connectivity index (χ3v) is 2.82. The van der Waals surface area contributed by atoms with Gasteiger partial charge < -0.3 is 15.0 Å². The fourth-order valence-corrected chi connectivity index (χ4v) is 1.68. The standard InChI is InChI=1S/C15H19N3O/c1-16-15-8-7-12(10-17-15)11-19-14-6-4-5-13(9-14)18(2)3/h4-10H,11H2,1-3H3,(H,16,17). The van der Waals surface area contributed by atoms with Crippen molar-refractivity contribution in [2.75, 3.05) is 31.4 Å². The molecule has 1 aromatic carbocycles. The van der Waals surface area contributed by atoms with Crippen LogP contribution in [0.25, 0.3) is 0 Å². The molecule has 0 aliphatic rings. The normalized spacial score (nSPS) is 10.1. The van der Waals surface area contributed by atoms with Gasteiger partial charge >= 0.3 is 0 Å². The predicted octanol–water partition coefficient (Wildman–Crippen LogP) is 2.77. The molecule has 0 fully saturated rings. The second-order valence-electron chi connectivity index (χ2n) is 4.48. The van der Waals surface area contributed by atoms with Gasteiger partial charge in [0, 0.05) is 44.7 Å². The first-order valence-electron chi connectivity index (χ1n) is 6.22. The van der Waals surface area contributed by atoms with Gasteiger partial charge in [-0.15, -0.1) is 0 Å². The first kappa shape index (κ1) is 13.2. The molecule has 0 unspecified atom stereocenters. The largest absolute Gasteiger partial charge is 0.489 e. The van der Waals surface area contributed by atoms with Gasteiger partial charge in [-0.2, -0.15) is 0 Å². The molecule has 0 atom stereocenters. The Kier molecular flexibility index (Phi) is 4.23. The number of aromatic nitrogens is 1. The van der Waals surface area contributed by atoms with E-state index in [1.807, 2.05) is 57.7 Å². The van der Waals surface area contributed by atoms with Gasteiger partial charge in [0.2, 0.25) is 0 Å². The van der Waals surface area contributed by atoms with E-state index in [-0.39, 0.29) is 0 Å². The molecule has 2 rings (SSSR count). The van der Waals surface area contributed by atoms with Crippen LogP contribution in [0.5, 0.6) is 5.75 Å². The van der Waals surface area contributed by atoms with Crippen LogP contribution in [0.3, 0.4) is 0 Å². The molecule has 0 radical (unpaired) electrons. The van der Waals surface area contributed by atoms with E-state index >= 15 is 0 Å². The maximum atomic E-state index is 5.77. The third-order valence-electron chi connectivity index (χ3n) is 2.82. The number of nitrogens with one attached hydrogen (secondary N) is 1. The Morgan fingerprint density at radius 2 is 2.05 bits per heavy atom. The minimum absolute atomic E-state index is 0.522. The quantitative estimate of drug-likeness (QED) is 0.893. The first-order chi connectivity index (χ1) is 9.19. The molecule has 0 spiro atoms. The summed E-state index contributed by atoms with van der Waals surface area (Å²) in [6.07, 6.45) is 1.82. The summed E-state index contributed by atoms with van der Waals surface area (Å²) < 4.78 is 5.77. The second kappa shape index (κ2) is 6.09. The highest BCUT2D eigenvalue weighted by molar-refractivity contribution is 5.49. The van der Waals surface area contributed by atoms with E-state index in [0.29, 0.717) is 6.61 Å². The lowest BCUT2D eigenvalue weighted by molar-refractivity contribution is 0.306. The zero-order valence-corrected chi connectivity index (χ0v) is 11.6. The summed E-state index contributed by atoms with van der Waals surface area (Å²) in [4.78, 5) is 6.31. The molecular weight excluding hydrogens is 238 g/mol. The van der Waals surface area contributed by atoms with Gasteiger partial charge in [-0.3, -0.25) is 0 Å². The van der Waals surface area contributed by atoms with Crippen LogP contribution in [0, 0.1) is 0 Å². The van der Waals surface area contributed by atoms with Crippen molar-refractivity contribution in [2.24, 2.45) is 0 Å². The van der Waals surface area contributed by atoms with Gasteiger partial charge in [0.15, 0.2) is 0 Å². The Labute approximate surface area is 114 Å². The van der Waals surface area contributed by atoms with Gasteiger partial charge in [-0.1, -0.05) is 12.1 Å². The first-order valence-corrected chi connectivity index (χ1v) is 6.22. The Bertz CT molecular complexity index is 523. The van der Waals surface area contributed by atoms with Crippen LogP contribution in [0.4, 0.5) is 11.5 Å². The molecule has 4 nitrogen and oxygen atoms in total. The lowest BCUT2D eigenvalue weighted by Gasteiger charge is -2.14. The van der Waals surface area contributed by atoms with Crippen molar-refractivity contribution in [2.45, 2.75) is 6.61 Å². The number of hydrogen-bond donors (Lipinski definition) is 1. The number of rotatable bonds is 5. The summed E-state index contributed by atoms with van der Waals surface area (Å²) in [6, 6.07) is 12.0. The number of pyridine rings is 1. The molecule has 0 aliphatic carbocycles. The molecule has 2 aromatic rings. The van der Waals surface area contributed by atoms with E-state index < -0.39 is 0 Å². The molecule has 1 N–H and O–H groups in total. The highest BCUT2D eigenvalue weighted by Crippen LogP contribution is 2.20. The van der Waals surface area contributed by atoms with Crippen molar-refractivity contribution < 1.29 is 4.74 Å². The van der Waals surface area contributed by atoms with Crippen LogP contribution >= 0.6 is 0 Å². The van der Waals surface area contributed by atoms with E-state index in [9.17, 15) is 0 Å². The van der Waals surface area contributed by atoms with Crippen LogP contribution in [0.2, 0.25) is 0 Å². The van der Waals surface area contributed by atoms with E-state index in [1.54, 1.807) is 0 Å². The molecule has 0 bridgehead atoms. The van der Waals surface area contributed by atoms with Gasteiger partial charge in [0.1, 0.15) is 18.2 Å². The summed E-state index contributed by atoms with van der Waals surface area (Å²) in [6.45, 7) is 0.522. The summed E-state index contributed by atoms with van der Waals surface area (Å²) >= 11 is 0.